The summed E-state index contributed by atoms with van der Waals surface area (Å²) in [6.45, 7) is 8.71. The van der Waals surface area contributed by atoms with Gasteiger partial charge in [-0.2, -0.15) is 0 Å². The lowest BCUT2D eigenvalue weighted by Crippen LogP contribution is -2.32. The summed E-state index contributed by atoms with van der Waals surface area (Å²) in [6.07, 6.45) is 0. The Bertz CT molecular complexity index is 368. The number of hydrogen-bond acceptors (Lipinski definition) is 4. The first-order chi connectivity index (χ1) is 9.15. The molecule has 19 heavy (non-hydrogen) atoms. The molecule has 2 N–H and O–H groups in total. The molecule has 1 rings (SSSR count). The van der Waals surface area contributed by atoms with Crippen LogP contribution in [-0.4, -0.2) is 44.1 Å². The Morgan fingerprint density at radius 3 is 2.74 bits per heavy atom. The Kier molecular flexibility index (Phi) is 7.48. The lowest BCUT2D eigenvalue weighted by atomic mass is 10.1. The summed E-state index contributed by atoms with van der Waals surface area (Å²) in [5.41, 5.74) is 2.42. The van der Waals surface area contributed by atoms with Crippen LogP contribution in [0.15, 0.2) is 18.2 Å². The molecule has 0 saturated carbocycles. The van der Waals surface area contributed by atoms with Crippen LogP contribution in [0.1, 0.15) is 18.1 Å². The number of aliphatic hydroxyl groups excluding tert-OH is 1. The third-order valence-electron chi connectivity index (χ3n) is 3.05. The molecule has 0 bridgehead atoms. The average Bonchev–Trinajstić information content (AvgIpc) is 2.41. The minimum absolute atomic E-state index is 0.120. The molecule has 0 fully saturated rings. The van der Waals surface area contributed by atoms with E-state index >= 15 is 0 Å². The summed E-state index contributed by atoms with van der Waals surface area (Å²) in [6, 6.07) is 6.17. The van der Waals surface area contributed by atoms with Crippen molar-refractivity contribution in [1.29, 1.82) is 0 Å². The SMILES string of the molecule is Cc1cccc(OCCOCCNC(C)CO)c1C. The minimum Gasteiger partial charge on any atom is -0.491 e. The van der Waals surface area contributed by atoms with Crippen molar-refractivity contribution in [3.05, 3.63) is 29.3 Å². The molecule has 4 heteroatoms. The molecule has 0 aliphatic rings. The highest BCUT2D eigenvalue weighted by Gasteiger charge is 2.01. The Hall–Kier alpha value is -1.10. The van der Waals surface area contributed by atoms with Gasteiger partial charge in [-0.3, -0.25) is 0 Å². The lowest BCUT2D eigenvalue weighted by Gasteiger charge is -2.12. The van der Waals surface area contributed by atoms with Gasteiger partial charge in [0.2, 0.25) is 0 Å². The van der Waals surface area contributed by atoms with Gasteiger partial charge >= 0.3 is 0 Å². The third kappa shape index (κ3) is 6.05. The molecule has 0 aliphatic carbocycles. The van der Waals surface area contributed by atoms with E-state index in [1.807, 2.05) is 19.1 Å². The van der Waals surface area contributed by atoms with Crippen molar-refractivity contribution >= 4 is 0 Å². The van der Waals surface area contributed by atoms with Crippen LogP contribution in [0, 0.1) is 13.8 Å². The van der Waals surface area contributed by atoms with Crippen LogP contribution in [0.25, 0.3) is 0 Å². The highest BCUT2D eigenvalue weighted by molar-refractivity contribution is 5.38. The van der Waals surface area contributed by atoms with Gasteiger partial charge in [-0.15, -0.1) is 0 Å². The number of nitrogens with one attached hydrogen (secondary N) is 1. The van der Waals surface area contributed by atoms with Crippen molar-refractivity contribution in [2.24, 2.45) is 0 Å². The molecule has 0 spiro atoms. The first kappa shape index (κ1) is 16.0. The quantitative estimate of drug-likeness (QED) is 0.668. The number of hydrogen-bond donors (Lipinski definition) is 2. The van der Waals surface area contributed by atoms with Crippen LogP contribution >= 0.6 is 0 Å². The van der Waals surface area contributed by atoms with Crippen LogP contribution in [0.3, 0.4) is 0 Å². The molecule has 1 unspecified atom stereocenters. The van der Waals surface area contributed by atoms with Gasteiger partial charge in [0.1, 0.15) is 12.4 Å². The smallest absolute Gasteiger partial charge is 0.122 e. The molecule has 1 atom stereocenters. The second-order valence-corrected chi connectivity index (χ2v) is 4.70. The predicted molar refractivity (Wildman–Crippen MR) is 76.8 cm³/mol. The summed E-state index contributed by atoms with van der Waals surface area (Å²) >= 11 is 0. The van der Waals surface area contributed by atoms with E-state index < -0.39 is 0 Å². The maximum atomic E-state index is 8.83. The van der Waals surface area contributed by atoms with Gasteiger partial charge in [-0.25, -0.2) is 0 Å². The van der Waals surface area contributed by atoms with Crippen molar-refractivity contribution in [2.75, 3.05) is 33.0 Å². The fourth-order valence-corrected chi connectivity index (χ4v) is 1.64. The maximum Gasteiger partial charge on any atom is 0.122 e. The first-order valence-electron chi connectivity index (χ1n) is 6.76. The number of benzene rings is 1. The van der Waals surface area contributed by atoms with E-state index in [1.165, 1.54) is 11.1 Å². The van der Waals surface area contributed by atoms with Gasteiger partial charge in [-0.1, -0.05) is 12.1 Å². The summed E-state index contributed by atoms with van der Waals surface area (Å²) < 4.78 is 11.1. The van der Waals surface area contributed by atoms with Crippen molar-refractivity contribution < 1.29 is 14.6 Å². The van der Waals surface area contributed by atoms with Gasteiger partial charge < -0.3 is 19.9 Å². The van der Waals surface area contributed by atoms with E-state index in [2.05, 4.69) is 25.2 Å². The van der Waals surface area contributed by atoms with Gasteiger partial charge in [0.05, 0.1) is 19.8 Å². The second-order valence-electron chi connectivity index (χ2n) is 4.70. The van der Waals surface area contributed by atoms with Gasteiger partial charge in [0.15, 0.2) is 0 Å². The van der Waals surface area contributed by atoms with Gasteiger partial charge in [-0.05, 0) is 38.0 Å². The van der Waals surface area contributed by atoms with E-state index in [0.717, 1.165) is 12.3 Å². The lowest BCUT2D eigenvalue weighted by molar-refractivity contribution is 0.0986. The van der Waals surface area contributed by atoms with Crippen LogP contribution < -0.4 is 10.1 Å². The van der Waals surface area contributed by atoms with E-state index in [-0.39, 0.29) is 12.6 Å². The van der Waals surface area contributed by atoms with Crippen LogP contribution in [0.2, 0.25) is 0 Å². The third-order valence-corrected chi connectivity index (χ3v) is 3.05. The minimum atomic E-state index is 0.120. The molecule has 108 valence electrons. The summed E-state index contributed by atoms with van der Waals surface area (Å²) in [4.78, 5) is 0. The second kappa shape index (κ2) is 8.91. The van der Waals surface area contributed by atoms with Crippen molar-refractivity contribution in [2.45, 2.75) is 26.8 Å². The van der Waals surface area contributed by atoms with Crippen LogP contribution in [0.5, 0.6) is 5.75 Å². The standard InChI is InChI=1S/C15H25NO3/c1-12-5-4-6-15(14(12)3)19-10-9-18-8-7-16-13(2)11-17/h4-6,13,16-17H,7-11H2,1-3H3. The Labute approximate surface area is 115 Å². The molecule has 1 aromatic rings. The molecule has 0 saturated heterocycles. The molecule has 0 aromatic heterocycles. The number of aliphatic hydroxyl groups is 1. The fraction of sp³-hybridized carbons (Fsp3) is 0.600. The summed E-state index contributed by atoms with van der Waals surface area (Å²) in [7, 11) is 0. The average molecular weight is 267 g/mol. The van der Waals surface area contributed by atoms with Crippen LogP contribution in [0.4, 0.5) is 0 Å². The highest BCUT2D eigenvalue weighted by Crippen LogP contribution is 2.20. The van der Waals surface area contributed by atoms with Crippen molar-refractivity contribution in [1.82, 2.24) is 5.32 Å². The van der Waals surface area contributed by atoms with E-state index in [4.69, 9.17) is 14.6 Å². The highest BCUT2D eigenvalue weighted by atomic mass is 16.5. The monoisotopic (exact) mass is 267 g/mol. The number of rotatable bonds is 9. The Morgan fingerprint density at radius 2 is 2.00 bits per heavy atom. The van der Waals surface area contributed by atoms with Crippen LogP contribution in [-0.2, 0) is 4.74 Å². The van der Waals surface area contributed by atoms with E-state index in [0.29, 0.717) is 19.8 Å². The largest absolute Gasteiger partial charge is 0.491 e. The first-order valence-corrected chi connectivity index (χ1v) is 6.76. The molecular weight excluding hydrogens is 242 g/mol. The molecule has 4 nitrogen and oxygen atoms in total. The molecule has 0 radical (unpaired) electrons. The van der Waals surface area contributed by atoms with E-state index in [1.54, 1.807) is 0 Å². The fourth-order valence-electron chi connectivity index (χ4n) is 1.64. The number of ether oxygens (including phenoxy) is 2. The molecule has 1 aromatic carbocycles. The molecular formula is C15H25NO3. The predicted octanol–water partition coefficient (Wildman–Crippen LogP) is 1.67. The van der Waals surface area contributed by atoms with Crippen molar-refractivity contribution in [3.8, 4) is 5.75 Å². The van der Waals surface area contributed by atoms with Crippen molar-refractivity contribution in [3.63, 3.8) is 0 Å². The van der Waals surface area contributed by atoms with Gasteiger partial charge in [0.25, 0.3) is 0 Å². The molecule has 0 aliphatic heterocycles. The summed E-state index contributed by atoms with van der Waals surface area (Å²) in [5, 5.41) is 12.0. The zero-order valence-electron chi connectivity index (χ0n) is 12.1. The zero-order chi connectivity index (χ0) is 14.1. The zero-order valence-corrected chi connectivity index (χ0v) is 12.1. The molecule has 0 amide bonds. The Balaban J connectivity index is 2.09. The number of aryl methyl sites for hydroxylation is 1. The van der Waals surface area contributed by atoms with Gasteiger partial charge in [0, 0.05) is 12.6 Å². The summed E-state index contributed by atoms with van der Waals surface area (Å²) in [5.74, 6) is 0.927. The topological polar surface area (TPSA) is 50.7 Å². The normalized spacial score (nSPS) is 12.4. The van der Waals surface area contributed by atoms with E-state index in [9.17, 15) is 0 Å². The maximum absolute atomic E-state index is 8.83. The molecule has 0 heterocycles. The Morgan fingerprint density at radius 1 is 1.21 bits per heavy atom.